The largest absolute Gasteiger partial charge is 0.399 e. The first-order valence-electron chi connectivity index (χ1n) is 4.97. The van der Waals surface area contributed by atoms with Gasteiger partial charge in [0.25, 0.3) is 0 Å². The van der Waals surface area contributed by atoms with E-state index in [9.17, 15) is 9.18 Å². The number of nitrogens with one attached hydrogen (secondary N) is 1. The smallest absolute Gasteiger partial charge is 0.233 e. The molecule has 90 valence electrons. The number of nitrogen functional groups attached to an aromatic ring is 1. The molecule has 0 saturated carbocycles. The van der Waals surface area contributed by atoms with Crippen LogP contribution in [0, 0.1) is 18.2 Å². The summed E-state index contributed by atoms with van der Waals surface area (Å²) >= 11 is 1.13. The van der Waals surface area contributed by atoms with Crippen LogP contribution in [0.5, 0.6) is 0 Å². The minimum absolute atomic E-state index is 0.175. The maximum atomic E-state index is 13.5. The average Bonchev–Trinajstić information content (AvgIpc) is 2.29. The third-order valence-electron chi connectivity index (χ3n) is 1.99. The summed E-state index contributed by atoms with van der Waals surface area (Å²) in [6.45, 7) is 1.86. The summed E-state index contributed by atoms with van der Waals surface area (Å²) in [4.78, 5) is 11.9. The highest BCUT2D eigenvalue weighted by Gasteiger charge is 2.15. The van der Waals surface area contributed by atoms with E-state index in [4.69, 9.17) is 12.2 Å². The minimum Gasteiger partial charge on any atom is -0.399 e. The average molecular weight is 252 g/mol. The monoisotopic (exact) mass is 252 g/mol. The van der Waals surface area contributed by atoms with Crippen LogP contribution in [0.4, 0.5) is 10.1 Å². The number of carbonyl (C=O) groups excluding carboxylic acids is 1. The van der Waals surface area contributed by atoms with Crippen LogP contribution in [0.2, 0.25) is 0 Å². The Balaban J connectivity index is 2.65. The molecule has 0 aromatic heterocycles. The third kappa shape index (κ3) is 4.00. The molecule has 0 fully saturated rings. The van der Waals surface area contributed by atoms with Crippen LogP contribution in [0.3, 0.4) is 0 Å². The fourth-order valence-corrected chi connectivity index (χ4v) is 2.03. The molecule has 1 amide bonds. The van der Waals surface area contributed by atoms with E-state index in [-0.39, 0.29) is 12.5 Å². The van der Waals surface area contributed by atoms with Crippen LogP contribution in [0.1, 0.15) is 6.92 Å². The second kappa shape index (κ2) is 6.16. The van der Waals surface area contributed by atoms with Gasteiger partial charge in [0.05, 0.1) is 11.8 Å². The van der Waals surface area contributed by atoms with Gasteiger partial charge in [0, 0.05) is 10.6 Å². The van der Waals surface area contributed by atoms with Crippen LogP contribution >= 0.6 is 11.8 Å². The van der Waals surface area contributed by atoms with Gasteiger partial charge in [-0.15, -0.1) is 18.2 Å². The quantitative estimate of drug-likeness (QED) is 0.486. The molecule has 0 saturated heterocycles. The first-order valence-corrected chi connectivity index (χ1v) is 5.85. The molecule has 1 atom stereocenters. The second-order valence-corrected chi connectivity index (χ2v) is 4.75. The summed E-state index contributed by atoms with van der Waals surface area (Å²) in [5.41, 5.74) is 5.79. The molecule has 0 bridgehead atoms. The number of thioether (sulfide) groups is 1. The van der Waals surface area contributed by atoms with Gasteiger partial charge < -0.3 is 11.1 Å². The van der Waals surface area contributed by atoms with Crippen molar-refractivity contribution < 1.29 is 9.18 Å². The Morgan fingerprint density at radius 2 is 2.41 bits per heavy atom. The van der Waals surface area contributed by atoms with Crippen LogP contribution in [-0.4, -0.2) is 17.7 Å². The lowest BCUT2D eigenvalue weighted by molar-refractivity contribution is -0.120. The standard InChI is InChI=1S/C12H13FN2OS/c1-3-6-15-12(16)8(2)17-11-5-4-9(14)7-10(11)13/h1,4-5,7-8H,6,14H2,2H3,(H,15,16). The lowest BCUT2D eigenvalue weighted by atomic mass is 10.3. The number of nitrogens with two attached hydrogens (primary N) is 1. The van der Waals surface area contributed by atoms with Gasteiger partial charge >= 0.3 is 0 Å². The summed E-state index contributed by atoms with van der Waals surface area (Å²) in [7, 11) is 0. The van der Waals surface area contributed by atoms with Gasteiger partial charge in [0.2, 0.25) is 5.91 Å². The third-order valence-corrected chi connectivity index (χ3v) is 3.15. The molecule has 1 unspecified atom stereocenters. The number of anilines is 1. The van der Waals surface area contributed by atoms with Gasteiger partial charge in [-0.3, -0.25) is 4.79 Å². The SMILES string of the molecule is C#CCNC(=O)C(C)Sc1ccc(N)cc1F. The summed E-state index contributed by atoms with van der Waals surface area (Å²) in [5, 5.41) is 2.12. The van der Waals surface area contributed by atoms with E-state index in [0.717, 1.165) is 11.8 Å². The van der Waals surface area contributed by atoms with Crippen LogP contribution in [0.25, 0.3) is 0 Å². The second-order valence-electron chi connectivity index (χ2n) is 3.37. The van der Waals surface area contributed by atoms with Crippen molar-refractivity contribution in [2.24, 2.45) is 0 Å². The fourth-order valence-electron chi connectivity index (χ4n) is 1.14. The van der Waals surface area contributed by atoms with E-state index in [1.165, 1.54) is 6.07 Å². The molecular weight excluding hydrogens is 239 g/mol. The number of halogens is 1. The van der Waals surface area contributed by atoms with Crippen LogP contribution in [0.15, 0.2) is 23.1 Å². The number of hydrogen-bond donors (Lipinski definition) is 2. The Labute approximate surface area is 104 Å². The van der Waals surface area contributed by atoms with Crippen molar-refractivity contribution in [2.45, 2.75) is 17.1 Å². The molecule has 3 nitrogen and oxygen atoms in total. The predicted octanol–water partition coefficient (Wildman–Crippen LogP) is 1.64. The van der Waals surface area contributed by atoms with E-state index in [2.05, 4.69) is 11.2 Å². The summed E-state index contributed by atoms with van der Waals surface area (Å²) in [6.07, 6.45) is 5.02. The van der Waals surface area contributed by atoms with E-state index < -0.39 is 11.1 Å². The van der Waals surface area contributed by atoms with Crippen molar-refractivity contribution in [3.63, 3.8) is 0 Å². The fraction of sp³-hybridized carbons (Fsp3) is 0.250. The van der Waals surface area contributed by atoms with E-state index in [1.807, 2.05) is 0 Å². The van der Waals surface area contributed by atoms with Gasteiger partial charge in [-0.1, -0.05) is 5.92 Å². The summed E-state index contributed by atoms with van der Waals surface area (Å²) in [5.74, 6) is 1.66. The molecule has 17 heavy (non-hydrogen) atoms. The van der Waals surface area contributed by atoms with E-state index in [0.29, 0.717) is 10.6 Å². The van der Waals surface area contributed by atoms with Crippen molar-refractivity contribution in [1.29, 1.82) is 0 Å². The Hall–Kier alpha value is -1.67. The minimum atomic E-state index is -0.424. The highest BCUT2D eigenvalue weighted by atomic mass is 32.2. The number of amides is 1. The van der Waals surface area contributed by atoms with Crippen molar-refractivity contribution in [2.75, 3.05) is 12.3 Å². The zero-order valence-corrected chi connectivity index (χ0v) is 10.2. The number of benzene rings is 1. The van der Waals surface area contributed by atoms with Crippen molar-refractivity contribution in [3.05, 3.63) is 24.0 Å². The molecule has 0 aliphatic carbocycles. The molecule has 1 aromatic carbocycles. The van der Waals surface area contributed by atoms with Gasteiger partial charge in [-0.2, -0.15) is 0 Å². The van der Waals surface area contributed by atoms with Gasteiger partial charge in [-0.25, -0.2) is 4.39 Å². The number of terminal acetylenes is 1. The van der Waals surface area contributed by atoms with Crippen molar-refractivity contribution in [3.8, 4) is 12.3 Å². The first-order chi connectivity index (χ1) is 8.04. The lowest BCUT2D eigenvalue weighted by Crippen LogP contribution is -2.31. The van der Waals surface area contributed by atoms with Crippen LogP contribution in [-0.2, 0) is 4.79 Å². The molecular formula is C12H13FN2OS. The van der Waals surface area contributed by atoms with Crippen molar-refractivity contribution in [1.82, 2.24) is 5.32 Å². The van der Waals surface area contributed by atoms with Gasteiger partial charge in [0.1, 0.15) is 5.82 Å². The van der Waals surface area contributed by atoms with Crippen LogP contribution < -0.4 is 11.1 Å². The Morgan fingerprint density at radius 1 is 1.71 bits per heavy atom. The molecule has 0 aliphatic rings. The Morgan fingerprint density at radius 3 is 3.00 bits per heavy atom. The summed E-state index contributed by atoms with van der Waals surface area (Å²) < 4.78 is 13.5. The number of hydrogen-bond acceptors (Lipinski definition) is 3. The Bertz CT molecular complexity index is 456. The Kier molecular flexibility index (Phi) is 4.85. The molecule has 5 heteroatoms. The molecule has 0 aliphatic heterocycles. The zero-order valence-electron chi connectivity index (χ0n) is 9.37. The van der Waals surface area contributed by atoms with E-state index >= 15 is 0 Å². The topological polar surface area (TPSA) is 55.1 Å². The normalized spacial score (nSPS) is 11.6. The molecule has 1 rings (SSSR count). The van der Waals surface area contributed by atoms with Crippen molar-refractivity contribution >= 4 is 23.4 Å². The highest BCUT2D eigenvalue weighted by Crippen LogP contribution is 2.27. The van der Waals surface area contributed by atoms with Gasteiger partial charge in [0.15, 0.2) is 0 Å². The lowest BCUT2D eigenvalue weighted by Gasteiger charge is -2.11. The number of carbonyl (C=O) groups is 1. The maximum Gasteiger partial charge on any atom is 0.233 e. The predicted molar refractivity (Wildman–Crippen MR) is 68.0 cm³/mol. The van der Waals surface area contributed by atoms with Gasteiger partial charge in [-0.05, 0) is 25.1 Å². The zero-order chi connectivity index (χ0) is 12.8. The molecule has 1 aromatic rings. The summed E-state index contributed by atoms with van der Waals surface area (Å²) in [6, 6.07) is 4.38. The molecule has 0 radical (unpaired) electrons. The molecule has 3 N–H and O–H groups in total. The molecule has 0 spiro atoms. The first kappa shape index (κ1) is 13.4. The highest BCUT2D eigenvalue weighted by molar-refractivity contribution is 8.00. The van der Waals surface area contributed by atoms with E-state index in [1.54, 1.807) is 19.1 Å². The maximum absolute atomic E-state index is 13.5. The number of rotatable bonds is 4. The molecule has 0 heterocycles.